The molecule has 0 aliphatic rings. The molecule has 0 saturated heterocycles. The molecule has 132 valence electrons. The minimum absolute atomic E-state index is 0.117. The lowest BCUT2D eigenvalue weighted by atomic mass is 9.95. The molecule has 0 bridgehead atoms. The second-order valence-corrected chi connectivity index (χ2v) is 6.41. The molecule has 0 aliphatic carbocycles. The van der Waals surface area contributed by atoms with Crippen molar-refractivity contribution >= 4 is 33.0 Å². The van der Waals surface area contributed by atoms with Crippen LogP contribution in [0.1, 0.15) is 13.7 Å². The van der Waals surface area contributed by atoms with Gasteiger partial charge in [-0.1, -0.05) is 84.7 Å². The van der Waals surface area contributed by atoms with Crippen LogP contribution in [0.2, 0.25) is 0 Å². The van der Waals surface area contributed by atoms with Crippen molar-refractivity contribution in [1.29, 1.82) is 0 Å². The summed E-state index contributed by atoms with van der Waals surface area (Å²) in [5.74, 6) is 0. The smallest absolute Gasteiger partial charge is 0.0762 e. The number of halogens is 1. The average Bonchev–Trinajstić information content (AvgIpc) is 2.87. The molecule has 4 aromatic rings. The van der Waals surface area contributed by atoms with Gasteiger partial charge in [0.05, 0.1) is 30.8 Å². The molecule has 0 fully saturated rings. The number of anilines is 3. The summed E-state index contributed by atoms with van der Waals surface area (Å²) in [6.07, 6.45) is 0. The Kier molecular flexibility index (Phi) is 2.63. The van der Waals surface area contributed by atoms with Gasteiger partial charge in [0.2, 0.25) is 0 Å². The van der Waals surface area contributed by atoms with E-state index in [-0.39, 0.29) is 27.9 Å². The van der Waals surface area contributed by atoms with Crippen LogP contribution >= 0.6 is 15.9 Å². The van der Waals surface area contributed by atoms with Crippen LogP contribution in [0, 0.1) is 0 Å². The van der Waals surface area contributed by atoms with Crippen molar-refractivity contribution in [3.8, 4) is 22.3 Å². The van der Waals surface area contributed by atoms with Gasteiger partial charge in [-0.3, -0.25) is 0 Å². The van der Waals surface area contributed by atoms with Crippen molar-refractivity contribution in [3.05, 3.63) is 101 Å². The molecule has 0 saturated carbocycles. The Labute approximate surface area is 181 Å². The van der Waals surface area contributed by atoms with Crippen molar-refractivity contribution < 1.29 is 13.7 Å². The molecule has 0 aliphatic heterocycles. The van der Waals surface area contributed by atoms with Crippen molar-refractivity contribution in [3.63, 3.8) is 0 Å². The molecular formula is C24H19BrN2. The van der Waals surface area contributed by atoms with E-state index in [9.17, 15) is 0 Å². The number of hydrogen-bond acceptors (Lipinski definition) is 2. The molecule has 4 aromatic carbocycles. The van der Waals surface area contributed by atoms with Crippen LogP contribution in [-0.4, -0.2) is 0 Å². The zero-order valence-electron chi connectivity index (χ0n) is 23.9. The van der Waals surface area contributed by atoms with Gasteiger partial charge in [0.1, 0.15) is 0 Å². The standard InChI is InChI=1S/C24H19BrN2/c25-21-15-8-16-22(26)24(21)27-23-19(17-9-3-1-4-10-17)13-7-14-20(23)18-11-5-2-6-12-18/h1-16,27H,26H2/i1D,2D,3D,4D,5D,6D,9D,10D,11D,12D. The maximum Gasteiger partial charge on any atom is 0.0762 e. The van der Waals surface area contributed by atoms with Gasteiger partial charge in [-0.15, -0.1) is 0 Å². The summed E-state index contributed by atoms with van der Waals surface area (Å²) in [6.45, 7) is 0. The third-order valence-corrected chi connectivity index (χ3v) is 4.56. The van der Waals surface area contributed by atoms with Gasteiger partial charge < -0.3 is 11.1 Å². The highest BCUT2D eigenvalue weighted by atomic mass is 79.9. The Morgan fingerprint density at radius 3 is 1.74 bits per heavy atom. The number of hydrogen-bond donors (Lipinski definition) is 2. The fourth-order valence-electron chi connectivity index (χ4n) is 2.67. The predicted molar refractivity (Wildman–Crippen MR) is 119 cm³/mol. The van der Waals surface area contributed by atoms with Crippen LogP contribution in [0.4, 0.5) is 17.1 Å². The highest BCUT2D eigenvalue weighted by Gasteiger charge is 2.14. The van der Waals surface area contributed by atoms with E-state index in [1.54, 1.807) is 18.2 Å². The molecule has 0 unspecified atom stereocenters. The molecule has 2 nitrogen and oxygen atoms in total. The minimum Gasteiger partial charge on any atom is -0.397 e. The van der Waals surface area contributed by atoms with Gasteiger partial charge in [-0.25, -0.2) is 0 Å². The van der Waals surface area contributed by atoms with E-state index in [0.29, 0.717) is 15.8 Å². The van der Waals surface area contributed by atoms with Gasteiger partial charge in [0.15, 0.2) is 0 Å². The topological polar surface area (TPSA) is 38.0 Å². The van der Waals surface area contributed by atoms with Crippen LogP contribution in [-0.2, 0) is 0 Å². The lowest BCUT2D eigenvalue weighted by molar-refractivity contribution is 1.50. The zero-order chi connectivity index (χ0) is 27.3. The number of nitrogens with two attached hydrogens (primary N) is 1. The molecule has 3 N–H and O–H groups in total. The molecule has 4 rings (SSSR count). The van der Waals surface area contributed by atoms with Gasteiger partial charge in [0.25, 0.3) is 0 Å². The molecule has 0 radical (unpaired) electrons. The average molecular weight is 425 g/mol. The third kappa shape index (κ3) is 3.60. The number of para-hydroxylation sites is 2. The summed E-state index contributed by atoms with van der Waals surface area (Å²) in [5, 5.41) is 3.15. The summed E-state index contributed by atoms with van der Waals surface area (Å²) in [5.41, 5.74) is 7.14. The summed E-state index contributed by atoms with van der Waals surface area (Å²) in [6, 6.07) is 4.61. The first-order valence-corrected chi connectivity index (χ1v) is 8.76. The van der Waals surface area contributed by atoms with Crippen molar-refractivity contribution in [2.24, 2.45) is 0 Å². The quantitative estimate of drug-likeness (QED) is 0.342. The maximum absolute atomic E-state index is 8.50. The first-order valence-electron chi connectivity index (χ1n) is 13.0. The number of rotatable bonds is 4. The molecule has 3 heteroatoms. The fourth-order valence-corrected chi connectivity index (χ4v) is 3.15. The van der Waals surface area contributed by atoms with Gasteiger partial charge in [-0.2, -0.15) is 0 Å². The highest BCUT2D eigenvalue weighted by Crippen LogP contribution is 2.41. The molecule has 0 atom stereocenters. The number of nitrogens with one attached hydrogen (secondary N) is 1. The maximum atomic E-state index is 8.50. The molecular weight excluding hydrogens is 396 g/mol. The normalized spacial score (nSPS) is 15.7. The van der Waals surface area contributed by atoms with Gasteiger partial charge in [0, 0.05) is 15.6 Å². The third-order valence-electron chi connectivity index (χ3n) is 3.90. The number of benzene rings is 4. The van der Waals surface area contributed by atoms with Gasteiger partial charge >= 0.3 is 0 Å². The predicted octanol–water partition coefficient (Wildman–Crippen LogP) is 7.11. The minimum atomic E-state index is -0.551. The molecule has 0 amide bonds. The van der Waals surface area contributed by atoms with Crippen molar-refractivity contribution in [1.82, 2.24) is 0 Å². The molecule has 0 heterocycles. The summed E-state index contributed by atoms with van der Waals surface area (Å²) in [4.78, 5) is 0. The Hall–Kier alpha value is -3.04. The van der Waals surface area contributed by atoms with E-state index < -0.39 is 60.4 Å². The van der Waals surface area contributed by atoms with Crippen LogP contribution in [0.15, 0.2) is 101 Å². The Morgan fingerprint density at radius 1 is 0.704 bits per heavy atom. The summed E-state index contributed by atoms with van der Waals surface area (Å²) < 4.78 is 82.9. The summed E-state index contributed by atoms with van der Waals surface area (Å²) in [7, 11) is 0. The second-order valence-electron chi connectivity index (χ2n) is 5.56. The molecule has 27 heavy (non-hydrogen) atoms. The molecule has 0 spiro atoms. The summed E-state index contributed by atoms with van der Waals surface area (Å²) >= 11 is 3.43. The van der Waals surface area contributed by atoms with Crippen LogP contribution in [0.5, 0.6) is 0 Å². The van der Waals surface area contributed by atoms with E-state index >= 15 is 0 Å². The lowest BCUT2D eigenvalue weighted by Crippen LogP contribution is -2.01. The number of nitrogen functional groups attached to an aromatic ring is 1. The van der Waals surface area contributed by atoms with Crippen molar-refractivity contribution in [2.45, 2.75) is 0 Å². The SMILES string of the molecule is [2H]c1c([2H])c([2H])c(-c2cccc(-c3c([2H])c([2H])c([2H])c([2H])c3[2H])c2Nc2c(N)cccc2Br)c([2H])c1[2H]. The highest BCUT2D eigenvalue weighted by molar-refractivity contribution is 9.10. The van der Waals surface area contributed by atoms with Crippen LogP contribution in [0.3, 0.4) is 0 Å². The first-order chi connectivity index (χ1) is 17.4. The largest absolute Gasteiger partial charge is 0.397 e. The Morgan fingerprint density at radius 2 is 1.22 bits per heavy atom. The lowest BCUT2D eigenvalue weighted by Gasteiger charge is -2.19. The monoisotopic (exact) mass is 424 g/mol. The van der Waals surface area contributed by atoms with Crippen LogP contribution < -0.4 is 11.1 Å². The van der Waals surface area contributed by atoms with E-state index in [2.05, 4.69) is 21.2 Å². The van der Waals surface area contributed by atoms with E-state index in [1.165, 1.54) is 18.2 Å². The van der Waals surface area contributed by atoms with Crippen LogP contribution in [0.25, 0.3) is 22.3 Å². The van der Waals surface area contributed by atoms with E-state index in [0.717, 1.165) is 0 Å². The molecule has 0 aromatic heterocycles. The zero-order valence-corrected chi connectivity index (χ0v) is 15.5. The first kappa shape index (κ1) is 9.25. The second kappa shape index (κ2) is 7.68. The van der Waals surface area contributed by atoms with Gasteiger partial charge in [-0.05, 0) is 39.2 Å². The van der Waals surface area contributed by atoms with Crippen molar-refractivity contribution in [2.75, 3.05) is 11.1 Å². The van der Waals surface area contributed by atoms with E-state index in [1.807, 2.05) is 0 Å². The Bertz CT molecular complexity index is 1420. The fraction of sp³-hybridized carbons (Fsp3) is 0. The van der Waals surface area contributed by atoms with E-state index in [4.69, 9.17) is 19.4 Å². The Balaban J connectivity index is 2.17.